The molecule has 2 heteroatoms. The molecule has 0 radical (unpaired) electrons. The summed E-state index contributed by atoms with van der Waals surface area (Å²) in [7, 11) is 0. The van der Waals surface area contributed by atoms with E-state index in [9.17, 15) is 0 Å². The molecule has 1 aliphatic carbocycles. The zero-order chi connectivity index (χ0) is 9.68. The number of hydrogen-bond acceptors (Lipinski definition) is 2. The monoisotopic (exact) mass is 185 g/mol. The van der Waals surface area contributed by atoms with E-state index < -0.39 is 0 Å². The van der Waals surface area contributed by atoms with Crippen LogP contribution in [-0.4, -0.2) is 25.3 Å². The second-order valence-corrected chi connectivity index (χ2v) is 3.88. The molecule has 1 rings (SSSR count). The fraction of sp³-hybridized carbons (Fsp3) is 1.00. The Morgan fingerprint density at radius 1 is 1.31 bits per heavy atom. The van der Waals surface area contributed by atoms with Gasteiger partial charge in [-0.1, -0.05) is 13.8 Å². The smallest absolute Gasteiger partial charge is 0.0581 e. The molecule has 0 aromatic rings. The van der Waals surface area contributed by atoms with Gasteiger partial charge in [0.25, 0.3) is 0 Å². The van der Waals surface area contributed by atoms with Gasteiger partial charge < -0.3 is 10.1 Å². The van der Waals surface area contributed by atoms with Gasteiger partial charge in [-0.05, 0) is 38.6 Å². The second kappa shape index (κ2) is 5.61. The summed E-state index contributed by atoms with van der Waals surface area (Å²) in [4.78, 5) is 0. The maximum absolute atomic E-state index is 5.55. The summed E-state index contributed by atoms with van der Waals surface area (Å²) in [6.45, 7) is 8.49. The fourth-order valence-corrected chi connectivity index (χ4v) is 2.21. The molecular weight excluding hydrogens is 162 g/mol. The molecule has 1 unspecified atom stereocenters. The van der Waals surface area contributed by atoms with Gasteiger partial charge in [0.05, 0.1) is 6.10 Å². The highest BCUT2D eigenvalue weighted by molar-refractivity contribution is 4.88. The highest BCUT2D eigenvalue weighted by Gasteiger charge is 2.34. The molecule has 0 aliphatic heterocycles. The topological polar surface area (TPSA) is 21.3 Å². The Bertz CT molecular complexity index is 132. The van der Waals surface area contributed by atoms with Crippen LogP contribution in [-0.2, 0) is 4.74 Å². The summed E-state index contributed by atoms with van der Waals surface area (Å²) in [6.07, 6.45) is 4.33. The summed E-state index contributed by atoms with van der Waals surface area (Å²) in [6, 6.07) is 0.724. The number of ether oxygens (including phenoxy) is 1. The second-order valence-electron chi connectivity index (χ2n) is 3.88. The standard InChI is InChI=1S/C11H23NO/c1-4-11(12-5-2)9-7-10(8-9)13-6-3/h9-12H,4-8H2,1-3H3. The van der Waals surface area contributed by atoms with E-state index in [-0.39, 0.29) is 0 Å². The Hall–Kier alpha value is -0.0800. The van der Waals surface area contributed by atoms with E-state index in [1.807, 2.05) is 0 Å². The van der Waals surface area contributed by atoms with Crippen molar-refractivity contribution in [3.63, 3.8) is 0 Å². The lowest BCUT2D eigenvalue weighted by atomic mass is 9.76. The van der Waals surface area contributed by atoms with Crippen LogP contribution in [0, 0.1) is 5.92 Å². The summed E-state index contributed by atoms with van der Waals surface area (Å²) in [5.74, 6) is 0.862. The Kier molecular flexibility index (Phi) is 4.74. The Balaban J connectivity index is 2.16. The molecule has 0 bridgehead atoms. The van der Waals surface area contributed by atoms with E-state index in [0.29, 0.717) is 6.10 Å². The van der Waals surface area contributed by atoms with E-state index in [4.69, 9.17) is 4.74 Å². The van der Waals surface area contributed by atoms with Gasteiger partial charge in [0.15, 0.2) is 0 Å². The summed E-state index contributed by atoms with van der Waals surface area (Å²) in [5, 5.41) is 3.54. The van der Waals surface area contributed by atoms with Crippen LogP contribution >= 0.6 is 0 Å². The lowest BCUT2D eigenvalue weighted by Gasteiger charge is -2.40. The van der Waals surface area contributed by atoms with E-state index in [0.717, 1.165) is 25.1 Å². The van der Waals surface area contributed by atoms with Crippen LogP contribution in [0.5, 0.6) is 0 Å². The van der Waals surface area contributed by atoms with Crippen molar-refractivity contribution >= 4 is 0 Å². The SMILES string of the molecule is CCNC(CC)C1CC(OCC)C1. The third-order valence-electron chi connectivity index (χ3n) is 3.01. The van der Waals surface area contributed by atoms with E-state index in [2.05, 4.69) is 26.1 Å². The first-order valence-electron chi connectivity index (χ1n) is 5.66. The van der Waals surface area contributed by atoms with E-state index in [1.54, 1.807) is 0 Å². The molecule has 0 heterocycles. The maximum atomic E-state index is 5.55. The van der Waals surface area contributed by atoms with E-state index in [1.165, 1.54) is 19.3 Å². The van der Waals surface area contributed by atoms with Crippen LogP contribution in [0.3, 0.4) is 0 Å². The first kappa shape index (κ1) is 11.0. The first-order chi connectivity index (χ1) is 6.31. The van der Waals surface area contributed by atoms with Gasteiger partial charge in [-0.15, -0.1) is 0 Å². The molecule has 1 saturated carbocycles. The third-order valence-corrected chi connectivity index (χ3v) is 3.01. The predicted octanol–water partition coefficient (Wildman–Crippen LogP) is 2.19. The fourth-order valence-electron chi connectivity index (χ4n) is 2.21. The zero-order valence-electron chi connectivity index (χ0n) is 9.18. The van der Waals surface area contributed by atoms with Gasteiger partial charge in [0.1, 0.15) is 0 Å². The van der Waals surface area contributed by atoms with Crippen molar-refractivity contribution in [2.24, 2.45) is 5.92 Å². The van der Waals surface area contributed by atoms with Crippen LogP contribution < -0.4 is 5.32 Å². The minimum absolute atomic E-state index is 0.558. The van der Waals surface area contributed by atoms with Gasteiger partial charge in [0, 0.05) is 12.6 Å². The molecular formula is C11H23NO. The molecule has 78 valence electrons. The normalized spacial score (nSPS) is 29.8. The third kappa shape index (κ3) is 2.96. The van der Waals surface area contributed by atoms with Crippen LogP contribution in [0.1, 0.15) is 40.0 Å². The average molecular weight is 185 g/mol. The van der Waals surface area contributed by atoms with Crippen LogP contribution in [0.15, 0.2) is 0 Å². The first-order valence-corrected chi connectivity index (χ1v) is 5.66. The van der Waals surface area contributed by atoms with Gasteiger partial charge in [-0.25, -0.2) is 0 Å². The quantitative estimate of drug-likeness (QED) is 0.685. The molecule has 1 N–H and O–H groups in total. The highest BCUT2D eigenvalue weighted by atomic mass is 16.5. The Morgan fingerprint density at radius 2 is 2.00 bits per heavy atom. The molecule has 0 spiro atoms. The lowest BCUT2D eigenvalue weighted by molar-refractivity contribution is -0.0353. The van der Waals surface area contributed by atoms with Crippen molar-refractivity contribution in [1.29, 1.82) is 0 Å². The maximum Gasteiger partial charge on any atom is 0.0581 e. The minimum Gasteiger partial charge on any atom is -0.378 e. The lowest BCUT2D eigenvalue weighted by Crippen LogP contribution is -2.45. The molecule has 1 aliphatic rings. The summed E-state index contributed by atoms with van der Waals surface area (Å²) < 4.78 is 5.55. The minimum atomic E-state index is 0.558. The predicted molar refractivity (Wildman–Crippen MR) is 55.9 cm³/mol. The Morgan fingerprint density at radius 3 is 2.46 bits per heavy atom. The van der Waals surface area contributed by atoms with Crippen LogP contribution in [0.4, 0.5) is 0 Å². The average Bonchev–Trinajstić information content (AvgIpc) is 2.07. The molecule has 0 amide bonds. The van der Waals surface area contributed by atoms with Crippen molar-refractivity contribution in [1.82, 2.24) is 5.32 Å². The zero-order valence-corrected chi connectivity index (χ0v) is 9.18. The molecule has 1 atom stereocenters. The Labute approximate surface area is 82.0 Å². The molecule has 13 heavy (non-hydrogen) atoms. The van der Waals surface area contributed by atoms with Crippen molar-refractivity contribution in [3.8, 4) is 0 Å². The van der Waals surface area contributed by atoms with Gasteiger partial charge in [-0.3, -0.25) is 0 Å². The van der Waals surface area contributed by atoms with Crippen LogP contribution in [0.25, 0.3) is 0 Å². The largest absolute Gasteiger partial charge is 0.378 e. The van der Waals surface area contributed by atoms with E-state index >= 15 is 0 Å². The summed E-state index contributed by atoms with van der Waals surface area (Å²) in [5.41, 5.74) is 0. The van der Waals surface area contributed by atoms with Crippen LogP contribution in [0.2, 0.25) is 0 Å². The summed E-state index contributed by atoms with van der Waals surface area (Å²) >= 11 is 0. The van der Waals surface area contributed by atoms with Crippen molar-refractivity contribution in [2.75, 3.05) is 13.2 Å². The van der Waals surface area contributed by atoms with Gasteiger partial charge in [-0.2, -0.15) is 0 Å². The van der Waals surface area contributed by atoms with Crippen molar-refractivity contribution < 1.29 is 4.74 Å². The van der Waals surface area contributed by atoms with Crippen molar-refractivity contribution in [3.05, 3.63) is 0 Å². The number of hydrogen-bond donors (Lipinski definition) is 1. The molecule has 0 aromatic carbocycles. The van der Waals surface area contributed by atoms with Crippen molar-refractivity contribution in [2.45, 2.75) is 52.2 Å². The number of rotatable bonds is 6. The molecule has 0 saturated heterocycles. The highest BCUT2D eigenvalue weighted by Crippen LogP contribution is 2.33. The molecule has 0 aromatic heterocycles. The van der Waals surface area contributed by atoms with Gasteiger partial charge in [0.2, 0.25) is 0 Å². The molecule has 1 fully saturated rings. The number of nitrogens with one attached hydrogen (secondary N) is 1. The van der Waals surface area contributed by atoms with Gasteiger partial charge >= 0.3 is 0 Å². The molecule has 2 nitrogen and oxygen atoms in total.